The molecular weight excluding hydrogens is 352 g/mol. The Bertz CT molecular complexity index is 817. The van der Waals surface area contributed by atoms with E-state index in [-0.39, 0.29) is 5.91 Å². The van der Waals surface area contributed by atoms with Crippen LogP contribution < -0.4 is 10.1 Å². The van der Waals surface area contributed by atoms with Crippen molar-refractivity contribution in [2.24, 2.45) is 0 Å². The Labute approximate surface area is 155 Å². The monoisotopic (exact) mass is 370 g/mol. The first-order valence-corrected chi connectivity index (χ1v) is 9.77. The second kappa shape index (κ2) is 8.69. The Kier molecular flexibility index (Phi) is 6.09. The summed E-state index contributed by atoms with van der Waals surface area (Å²) < 4.78 is 5.44. The number of benzene rings is 2. The summed E-state index contributed by atoms with van der Waals surface area (Å²) in [6.45, 7) is 2.60. The zero-order chi connectivity index (χ0) is 17.5. The van der Waals surface area contributed by atoms with Crippen molar-refractivity contribution in [3.63, 3.8) is 0 Å². The fraction of sp³-hybridized carbons (Fsp3) is 0.158. The maximum atomic E-state index is 12.1. The molecule has 1 aromatic heterocycles. The van der Waals surface area contributed by atoms with Crippen molar-refractivity contribution in [1.82, 2.24) is 4.98 Å². The molecule has 0 bridgehead atoms. The Hall–Kier alpha value is -2.31. The molecule has 0 atom stereocenters. The van der Waals surface area contributed by atoms with Gasteiger partial charge in [-0.1, -0.05) is 18.2 Å². The van der Waals surface area contributed by atoms with Crippen LogP contribution in [0.1, 0.15) is 6.92 Å². The third-order valence-electron chi connectivity index (χ3n) is 3.32. The van der Waals surface area contributed by atoms with Crippen LogP contribution >= 0.6 is 23.1 Å². The molecule has 1 heterocycles. The molecule has 128 valence electrons. The van der Waals surface area contributed by atoms with Crippen molar-refractivity contribution in [2.75, 3.05) is 17.7 Å². The minimum atomic E-state index is -0.0542. The number of thiazole rings is 1. The Morgan fingerprint density at radius 1 is 1.16 bits per heavy atom. The molecule has 0 fully saturated rings. The van der Waals surface area contributed by atoms with Gasteiger partial charge in [-0.3, -0.25) is 4.79 Å². The molecule has 6 heteroatoms. The first-order chi connectivity index (χ1) is 12.2. The van der Waals surface area contributed by atoms with Crippen LogP contribution in [0.15, 0.2) is 64.9 Å². The first-order valence-electron chi connectivity index (χ1n) is 7.91. The highest BCUT2D eigenvalue weighted by atomic mass is 32.2. The number of aromatic nitrogens is 1. The minimum Gasteiger partial charge on any atom is -0.494 e. The molecule has 25 heavy (non-hydrogen) atoms. The van der Waals surface area contributed by atoms with Gasteiger partial charge in [0.1, 0.15) is 5.75 Å². The third kappa shape index (κ3) is 5.08. The predicted molar refractivity (Wildman–Crippen MR) is 105 cm³/mol. The Morgan fingerprint density at radius 2 is 1.92 bits per heavy atom. The molecule has 0 spiro atoms. The van der Waals surface area contributed by atoms with E-state index in [4.69, 9.17) is 4.74 Å². The van der Waals surface area contributed by atoms with Gasteiger partial charge in [0.15, 0.2) is 5.13 Å². The van der Waals surface area contributed by atoms with Crippen molar-refractivity contribution >= 4 is 34.1 Å². The summed E-state index contributed by atoms with van der Waals surface area (Å²) in [7, 11) is 0. The van der Waals surface area contributed by atoms with E-state index in [0.29, 0.717) is 17.5 Å². The summed E-state index contributed by atoms with van der Waals surface area (Å²) in [4.78, 5) is 17.6. The number of rotatable bonds is 7. The van der Waals surface area contributed by atoms with Crippen LogP contribution in [0.25, 0.3) is 11.3 Å². The number of ether oxygens (including phenoxy) is 1. The molecule has 2 aromatic carbocycles. The molecule has 1 amide bonds. The lowest BCUT2D eigenvalue weighted by Crippen LogP contribution is -2.13. The number of hydrogen-bond donors (Lipinski definition) is 1. The molecule has 0 aliphatic heterocycles. The lowest BCUT2D eigenvalue weighted by Gasteiger charge is -2.03. The van der Waals surface area contributed by atoms with Crippen LogP contribution in [0.5, 0.6) is 5.75 Å². The lowest BCUT2D eigenvalue weighted by molar-refractivity contribution is -0.113. The smallest absolute Gasteiger partial charge is 0.236 e. The molecule has 3 rings (SSSR count). The predicted octanol–water partition coefficient (Wildman–Crippen LogP) is 4.94. The van der Waals surface area contributed by atoms with Gasteiger partial charge in [0, 0.05) is 15.8 Å². The average molecular weight is 370 g/mol. The minimum absolute atomic E-state index is 0.0542. The quantitative estimate of drug-likeness (QED) is 0.599. The fourth-order valence-electron chi connectivity index (χ4n) is 2.17. The number of carbonyl (C=O) groups excluding carboxylic acids is 1. The van der Waals surface area contributed by atoms with Gasteiger partial charge in [0.2, 0.25) is 5.91 Å². The zero-order valence-corrected chi connectivity index (χ0v) is 15.4. The molecule has 4 nitrogen and oxygen atoms in total. The summed E-state index contributed by atoms with van der Waals surface area (Å²) in [6, 6.07) is 17.7. The highest BCUT2D eigenvalue weighted by Crippen LogP contribution is 2.27. The molecule has 3 aromatic rings. The highest BCUT2D eigenvalue weighted by molar-refractivity contribution is 8.00. The molecule has 0 radical (unpaired) electrons. The number of thioether (sulfide) groups is 1. The third-order valence-corrected chi connectivity index (χ3v) is 5.09. The Balaban J connectivity index is 1.56. The van der Waals surface area contributed by atoms with Crippen molar-refractivity contribution in [3.05, 3.63) is 60.0 Å². The maximum Gasteiger partial charge on any atom is 0.236 e. The van der Waals surface area contributed by atoms with Gasteiger partial charge in [-0.15, -0.1) is 23.1 Å². The first kappa shape index (κ1) is 17.5. The van der Waals surface area contributed by atoms with E-state index < -0.39 is 0 Å². The van der Waals surface area contributed by atoms with Crippen molar-refractivity contribution in [2.45, 2.75) is 11.8 Å². The van der Waals surface area contributed by atoms with Crippen LogP contribution in [-0.2, 0) is 4.79 Å². The standard InChI is InChI=1S/C19H18N2O2S2/c1-2-23-15-10-8-14(9-11-15)17-12-25-19(20-17)21-18(22)13-24-16-6-4-3-5-7-16/h3-12H,2,13H2,1H3,(H,20,21,22). The van der Waals surface area contributed by atoms with E-state index in [0.717, 1.165) is 21.9 Å². The second-order valence-corrected chi connectivity index (χ2v) is 7.05. The average Bonchev–Trinajstić information content (AvgIpc) is 3.10. The van der Waals surface area contributed by atoms with E-state index in [1.807, 2.05) is 66.9 Å². The zero-order valence-electron chi connectivity index (χ0n) is 13.8. The van der Waals surface area contributed by atoms with Crippen LogP contribution in [0.2, 0.25) is 0 Å². The Morgan fingerprint density at radius 3 is 2.64 bits per heavy atom. The van der Waals surface area contributed by atoms with E-state index >= 15 is 0 Å². The van der Waals surface area contributed by atoms with Crippen molar-refractivity contribution < 1.29 is 9.53 Å². The van der Waals surface area contributed by atoms with Gasteiger partial charge >= 0.3 is 0 Å². The van der Waals surface area contributed by atoms with E-state index in [1.165, 1.54) is 23.1 Å². The number of hydrogen-bond acceptors (Lipinski definition) is 5. The molecule has 0 aliphatic rings. The number of nitrogens with one attached hydrogen (secondary N) is 1. The van der Waals surface area contributed by atoms with Crippen LogP contribution in [0.3, 0.4) is 0 Å². The molecule has 0 saturated heterocycles. The van der Waals surface area contributed by atoms with Crippen LogP contribution in [0, 0.1) is 0 Å². The van der Waals surface area contributed by atoms with Gasteiger partial charge in [-0.25, -0.2) is 4.98 Å². The summed E-state index contributed by atoms with van der Waals surface area (Å²) in [5.41, 5.74) is 1.85. The van der Waals surface area contributed by atoms with Gasteiger partial charge in [-0.05, 0) is 43.3 Å². The topological polar surface area (TPSA) is 51.2 Å². The summed E-state index contributed by atoms with van der Waals surface area (Å²) in [5, 5.41) is 5.41. The fourth-order valence-corrected chi connectivity index (χ4v) is 3.63. The van der Waals surface area contributed by atoms with E-state index in [9.17, 15) is 4.79 Å². The maximum absolute atomic E-state index is 12.1. The number of anilines is 1. The normalized spacial score (nSPS) is 10.4. The summed E-state index contributed by atoms with van der Waals surface area (Å²) >= 11 is 2.93. The van der Waals surface area contributed by atoms with E-state index in [2.05, 4.69) is 10.3 Å². The number of amides is 1. The van der Waals surface area contributed by atoms with Gasteiger partial charge < -0.3 is 10.1 Å². The number of carbonyl (C=O) groups is 1. The molecule has 1 N–H and O–H groups in total. The SMILES string of the molecule is CCOc1ccc(-c2csc(NC(=O)CSc3ccccc3)n2)cc1. The molecule has 0 aliphatic carbocycles. The van der Waals surface area contributed by atoms with Crippen molar-refractivity contribution in [3.8, 4) is 17.0 Å². The molecule has 0 saturated carbocycles. The highest BCUT2D eigenvalue weighted by Gasteiger charge is 2.09. The molecular formula is C19H18N2O2S2. The lowest BCUT2D eigenvalue weighted by atomic mass is 10.2. The molecule has 0 unspecified atom stereocenters. The van der Waals surface area contributed by atoms with Crippen LogP contribution in [-0.4, -0.2) is 23.3 Å². The van der Waals surface area contributed by atoms with E-state index in [1.54, 1.807) is 0 Å². The van der Waals surface area contributed by atoms with Gasteiger partial charge in [0.05, 0.1) is 18.1 Å². The largest absolute Gasteiger partial charge is 0.494 e. The van der Waals surface area contributed by atoms with Crippen LogP contribution in [0.4, 0.5) is 5.13 Å². The van der Waals surface area contributed by atoms with Gasteiger partial charge in [0.25, 0.3) is 0 Å². The summed E-state index contributed by atoms with van der Waals surface area (Å²) in [6.07, 6.45) is 0. The number of nitrogens with zero attached hydrogens (tertiary/aromatic N) is 1. The van der Waals surface area contributed by atoms with Crippen molar-refractivity contribution in [1.29, 1.82) is 0 Å². The summed E-state index contributed by atoms with van der Waals surface area (Å²) in [5.74, 6) is 1.15. The second-order valence-electron chi connectivity index (χ2n) is 5.15. The van der Waals surface area contributed by atoms with Gasteiger partial charge in [-0.2, -0.15) is 0 Å².